The molecule has 1 aliphatic heterocycles. The van der Waals surface area contributed by atoms with Crippen molar-refractivity contribution in [3.63, 3.8) is 0 Å². The van der Waals surface area contributed by atoms with Gasteiger partial charge in [0.25, 0.3) is 5.95 Å². The summed E-state index contributed by atoms with van der Waals surface area (Å²) in [4.78, 5) is 0.882. The number of methoxy groups -OCH3 is 1. The molecule has 1 aliphatic rings. The lowest BCUT2D eigenvalue weighted by atomic mass is 10.00. The van der Waals surface area contributed by atoms with Gasteiger partial charge in [-0.3, -0.25) is 0 Å². The molecule has 0 fully saturated rings. The molecule has 11 heteroatoms. The Morgan fingerprint density at radius 3 is 2.31 bits per heavy atom. The van der Waals surface area contributed by atoms with Crippen LogP contribution in [-0.2, 0) is 12.7 Å². The largest absolute Gasteiger partial charge is 0.497 e. The first-order valence-electron chi connectivity index (χ1n) is 10.6. The maximum absolute atomic E-state index is 14.0. The highest BCUT2D eigenvalue weighted by Gasteiger charge is 2.42. The number of hydrazone groups is 1. The van der Waals surface area contributed by atoms with Gasteiger partial charge in [0.15, 0.2) is 0 Å². The highest BCUT2D eigenvalue weighted by Crippen LogP contribution is 2.42. The van der Waals surface area contributed by atoms with Crippen LogP contribution in [0, 0.1) is 13.8 Å². The van der Waals surface area contributed by atoms with Gasteiger partial charge >= 0.3 is 6.18 Å². The van der Waals surface area contributed by atoms with Crippen molar-refractivity contribution in [1.82, 2.24) is 14.8 Å². The summed E-state index contributed by atoms with van der Waals surface area (Å²) in [5.74, 6) is -0.437. The van der Waals surface area contributed by atoms with Crippen molar-refractivity contribution in [1.29, 1.82) is 0 Å². The molecule has 0 N–H and O–H groups in total. The predicted molar refractivity (Wildman–Crippen MR) is 130 cm³/mol. The number of halogens is 4. The maximum Gasteiger partial charge on any atom is 0.452 e. The van der Waals surface area contributed by atoms with Crippen LogP contribution in [0.5, 0.6) is 5.75 Å². The minimum atomic E-state index is -4.70. The van der Waals surface area contributed by atoms with E-state index in [1.54, 1.807) is 43.5 Å². The van der Waals surface area contributed by atoms with Crippen LogP contribution in [0.25, 0.3) is 5.00 Å². The zero-order valence-corrected chi connectivity index (χ0v) is 20.5. The molecule has 0 radical (unpaired) electrons. The molecular weight excluding hydrogens is 499 g/mol. The molecule has 0 bridgehead atoms. The van der Waals surface area contributed by atoms with E-state index in [0.717, 1.165) is 26.1 Å². The Morgan fingerprint density at radius 1 is 1.00 bits per heavy atom. The number of hydrogen-bond donors (Lipinski definition) is 0. The fourth-order valence-corrected chi connectivity index (χ4v) is 5.18. The van der Waals surface area contributed by atoms with E-state index in [1.165, 1.54) is 16.3 Å². The van der Waals surface area contributed by atoms with E-state index in [9.17, 15) is 13.2 Å². The van der Waals surface area contributed by atoms with Crippen molar-refractivity contribution >= 4 is 34.6 Å². The lowest BCUT2D eigenvalue weighted by Crippen LogP contribution is -2.21. The Morgan fingerprint density at radius 2 is 1.69 bits per heavy atom. The lowest BCUT2D eigenvalue weighted by molar-refractivity contribution is -0.146. The summed E-state index contributed by atoms with van der Waals surface area (Å²) in [5, 5.41) is 14.7. The Labute approximate surface area is 208 Å². The topological polar surface area (TPSA) is 55.5 Å². The second-order valence-corrected chi connectivity index (χ2v) is 9.62. The summed E-state index contributed by atoms with van der Waals surface area (Å²) >= 11 is 7.36. The van der Waals surface area contributed by atoms with Crippen molar-refractivity contribution < 1.29 is 17.9 Å². The monoisotopic (exact) mass is 517 g/mol. The smallest absolute Gasteiger partial charge is 0.452 e. The van der Waals surface area contributed by atoms with Gasteiger partial charge in [0, 0.05) is 21.0 Å². The van der Waals surface area contributed by atoms with Crippen molar-refractivity contribution in [3.05, 3.63) is 86.5 Å². The highest BCUT2D eigenvalue weighted by molar-refractivity contribution is 7.15. The van der Waals surface area contributed by atoms with Gasteiger partial charge in [0.2, 0.25) is 5.82 Å². The van der Waals surface area contributed by atoms with Crippen molar-refractivity contribution in [3.8, 4) is 10.8 Å². The normalized spacial score (nSPS) is 13.2. The van der Waals surface area contributed by atoms with Gasteiger partial charge in [-0.15, -0.1) is 21.5 Å². The second-order valence-electron chi connectivity index (χ2n) is 7.98. The summed E-state index contributed by atoms with van der Waals surface area (Å²) in [7, 11) is 1.57. The predicted octanol–water partition coefficient (Wildman–Crippen LogP) is 6.40. The Balaban J connectivity index is 1.76. The Bertz CT molecular complexity index is 1430. The number of nitrogens with zero attached hydrogens (tertiary/aromatic N) is 5. The van der Waals surface area contributed by atoms with Gasteiger partial charge in [0.05, 0.1) is 13.7 Å². The summed E-state index contributed by atoms with van der Waals surface area (Å²) in [6.45, 7) is 3.93. The molecule has 4 aromatic rings. The molecule has 0 atom stereocenters. The molecule has 0 aliphatic carbocycles. The third-order valence-electron chi connectivity index (χ3n) is 5.77. The number of aromatic nitrogens is 3. The summed E-state index contributed by atoms with van der Waals surface area (Å²) < 4.78 is 48.4. The van der Waals surface area contributed by atoms with Crippen LogP contribution in [0.15, 0.2) is 53.6 Å². The van der Waals surface area contributed by atoms with Crippen molar-refractivity contribution in [2.45, 2.75) is 26.6 Å². The van der Waals surface area contributed by atoms with Crippen LogP contribution in [-0.4, -0.2) is 27.6 Å². The summed E-state index contributed by atoms with van der Waals surface area (Å²) in [6, 6.07) is 14.3. The zero-order chi connectivity index (χ0) is 24.9. The number of aryl methyl sites for hydroxylation is 1. The number of hydrogen-bond acceptors (Lipinski definition) is 6. The Hall–Kier alpha value is -3.37. The molecule has 6 nitrogen and oxygen atoms in total. The van der Waals surface area contributed by atoms with Crippen LogP contribution in [0.2, 0.25) is 5.02 Å². The molecule has 3 heterocycles. The number of alkyl halides is 3. The average molecular weight is 518 g/mol. The van der Waals surface area contributed by atoms with E-state index in [4.69, 9.17) is 21.4 Å². The van der Waals surface area contributed by atoms with Crippen LogP contribution >= 0.6 is 22.9 Å². The number of benzene rings is 2. The SMILES string of the molecule is COc1ccc(CN2N=C(c3ccc(Cl)cc3)c3c(sc(C)c3C)-n3c2nnc3C(F)(F)F)cc1. The van der Waals surface area contributed by atoms with E-state index >= 15 is 0 Å². The molecule has 0 saturated heterocycles. The van der Waals surface area contributed by atoms with Gasteiger partial charge < -0.3 is 4.74 Å². The Kier molecular flexibility index (Phi) is 5.80. The first kappa shape index (κ1) is 23.4. The van der Waals surface area contributed by atoms with Crippen LogP contribution in [0.4, 0.5) is 19.1 Å². The van der Waals surface area contributed by atoms with Crippen molar-refractivity contribution in [2.75, 3.05) is 12.1 Å². The van der Waals surface area contributed by atoms with Gasteiger partial charge in [-0.1, -0.05) is 35.9 Å². The number of fused-ring (bicyclic) bond motifs is 3. The number of rotatable bonds is 4. The van der Waals surface area contributed by atoms with Gasteiger partial charge in [-0.25, -0.2) is 9.58 Å². The minimum absolute atomic E-state index is 0.0143. The first-order valence-corrected chi connectivity index (χ1v) is 11.7. The van der Waals surface area contributed by atoms with Crippen LogP contribution in [0.1, 0.15) is 33.0 Å². The molecule has 5 rings (SSSR count). The average Bonchev–Trinajstić information content (AvgIpc) is 3.36. The van der Waals surface area contributed by atoms with E-state index in [-0.39, 0.29) is 12.5 Å². The standard InChI is InChI=1S/C24H19ClF3N5OS/c1-13-14(2)35-21-19(13)20(16-6-8-17(25)9-7-16)31-32(12-15-4-10-18(34-3)11-5-15)23-30-29-22(33(21)23)24(26,27)28/h4-11H,12H2,1-3H3. The molecule has 0 unspecified atom stereocenters. The van der Waals surface area contributed by atoms with Gasteiger partial charge in [-0.2, -0.15) is 18.3 Å². The molecule has 0 amide bonds. The maximum atomic E-state index is 14.0. The fraction of sp³-hybridized carbons (Fsp3) is 0.208. The number of anilines is 1. The fourth-order valence-electron chi connectivity index (χ4n) is 3.89. The summed E-state index contributed by atoms with van der Waals surface area (Å²) in [5.41, 5.74) is 3.52. The third-order valence-corrected chi connectivity index (χ3v) is 7.21. The quantitative estimate of drug-likeness (QED) is 0.314. The summed E-state index contributed by atoms with van der Waals surface area (Å²) in [6.07, 6.45) is -4.70. The molecule has 0 spiro atoms. The minimum Gasteiger partial charge on any atom is -0.497 e. The highest BCUT2D eigenvalue weighted by atomic mass is 35.5. The van der Waals surface area contributed by atoms with Gasteiger partial charge in [0.1, 0.15) is 16.5 Å². The number of thiophene rings is 1. The van der Waals surface area contributed by atoms with E-state index < -0.39 is 12.0 Å². The van der Waals surface area contributed by atoms with Crippen molar-refractivity contribution in [2.24, 2.45) is 5.10 Å². The molecule has 35 heavy (non-hydrogen) atoms. The molecule has 2 aromatic carbocycles. The van der Waals surface area contributed by atoms with E-state index in [2.05, 4.69) is 10.2 Å². The number of ether oxygens (including phenoxy) is 1. The van der Waals surface area contributed by atoms with Gasteiger partial charge in [-0.05, 0) is 49.2 Å². The molecule has 0 saturated carbocycles. The van der Waals surface area contributed by atoms with E-state index in [0.29, 0.717) is 27.0 Å². The van der Waals surface area contributed by atoms with Crippen LogP contribution in [0.3, 0.4) is 0 Å². The molecular formula is C24H19ClF3N5OS. The molecule has 2 aromatic heterocycles. The second kappa shape index (κ2) is 8.69. The van der Waals surface area contributed by atoms with E-state index in [1.807, 2.05) is 26.0 Å². The zero-order valence-electron chi connectivity index (χ0n) is 18.9. The first-order chi connectivity index (χ1) is 16.7. The molecule has 180 valence electrons. The third kappa shape index (κ3) is 4.17. The lowest BCUT2D eigenvalue weighted by Gasteiger charge is -2.18. The van der Waals surface area contributed by atoms with Crippen LogP contribution < -0.4 is 9.75 Å².